The van der Waals surface area contributed by atoms with Gasteiger partial charge in [0.25, 0.3) is 0 Å². The summed E-state index contributed by atoms with van der Waals surface area (Å²) in [6, 6.07) is 0.607. The Kier molecular flexibility index (Phi) is 8.17. The first-order chi connectivity index (χ1) is 11.2. The van der Waals surface area contributed by atoms with Crippen molar-refractivity contribution in [2.24, 2.45) is 10.9 Å². The molecule has 0 aromatic carbocycles. The smallest absolute Gasteiger partial charge is 0.191 e. The minimum Gasteiger partial charge on any atom is -0.357 e. The van der Waals surface area contributed by atoms with Crippen molar-refractivity contribution >= 4 is 5.96 Å². The predicted molar refractivity (Wildman–Crippen MR) is 99.1 cm³/mol. The highest BCUT2D eigenvalue weighted by Crippen LogP contribution is 2.23. The van der Waals surface area contributed by atoms with Crippen LogP contribution in [0, 0.1) is 5.92 Å². The summed E-state index contributed by atoms with van der Waals surface area (Å²) in [6.07, 6.45) is 6.53. The minimum atomic E-state index is 0.607. The summed E-state index contributed by atoms with van der Waals surface area (Å²) in [5.41, 5.74) is 0. The van der Waals surface area contributed by atoms with Crippen LogP contribution in [0.1, 0.15) is 46.0 Å². The number of aliphatic imine (C=N–C) groups is 1. The van der Waals surface area contributed by atoms with Crippen molar-refractivity contribution in [3.05, 3.63) is 0 Å². The number of nitrogens with one attached hydrogen (secondary N) is 2. The van der Waals surface area contributed by atoms with Gasteiger partial charge in [-0.25, -0.2) is 0 Å². The lowest BCUT2D eigenvalue weighted by molar-refractivity contribution is 0.283. The summed E-state index contributed by atoms with van der Waals surface area (Å²) >= 11 is 0. The number of nitrogens with zero attached hydrogens (tertiary/aromatic N) is 3. The molecular weight excluding hydrogens is 286 g/mol. The van der Waals surface area contributed by atoms with Crippen molar-refractivity contribution in [2.45, 2.75) is 52.0 Å². The number of hydrogen-bond acceptors (Lipinski definition) is 3. The second-order valence-electron chi connectivity index (χ2n) is 7.36. The van der Waals surface area contributed by atoms with Gasteiger partial charge in [-0.2, -0.15) is 0 Å². The third kappa shape index (κ3) is 7.08. The number of rotatable bonds is 5. The van der Waals surface area contributed by atoms with Gasteiger partial charge in [0.05, 0.1) is 6.54 Å². The van der Waals surface area contributed by atoms with Crippen LogP contribution in [0.15, 0.2) is 4.99 Å². The Hall–Kier alpha value is -0.810. The summed E-state index contributed by atoms with van der Waals surface area (Å²) in [6.45, 7) is 12.2. The summed E-state index contributed by atoms with van der Waals surface area (Å²) in [7, 11) is 2.22. The molecule has 1 saturated carbocycles. The topological polar surface area (TPSA) is 42.9 Å². The average molecular weight is 324 g/mol. The first kappa shape index (κ1) is 18.5. The molecule has 5 nitrogen and oxygen atoms in total. The fraction of sp³-hybridized carbons (Fsp3) is 0.944. The van der Waals surface area contributed by atoms with Gasteiger partial charge >= 0.3 is 0 Å². The van der Waals surface area contributed by atoms with Crippen LogP contribution >= 0.6 is 0 Å². The molecule has 2 fully saturated rings. The molecule has 1 heterocycles. The molecule has 1 aliphatic carbocycles. The first-order valence-corrected chi connectivity index (χ1v) is 9.63. The average Bonchev–Trinajstić information content (AvgIpc) is 2.74. The molecule has 0 aromatic rings. The molecular formula is C18H37N5. The van der Waals surface area contributed by atoms with Gasteiger partial charge in [0.2, 0.25) is 0 Å². The molecule has 2 N–H and O–H groups in total. The lowest BCUT2D eigenvalue weighted by atomic mass is 9.87. The van der Waals surface area contributed by atoms with Gasteiger partial charge < -0.3 is 20.4 Å². The van der Waals surface area contributed by atoms with Crippen LogP contribution in [-0.2, 0) is 0 Å². The highest BCUT2D eigenvalue weighted by molar-refractivity contribution is 5.80. The zero-order valence-corrected chi connectivity index (χ0v) is 15.5. The van der Waals surface area contributed by atoms with E-state index in [0.29, 0.717) is 6.04 Å². The fourth-order valence-corrected chi connectivity index (χ4v) is 3.54. The molecule has 0 amide bonds. The third-order valence-electron chi connectivity index (χ3n) is 5.20. The Morgan fingerprint density at radius 3 is 2.61 bits per heavy atom. The van der Waals surface area contributed by atoms with Gasteiger partial charge in [0.1, 0.15) is 0 Å². The summed E-state index contributed by atoms with van der Waals surface area (Å²) in [5.74, 6) is 1.91. The zero-order valence-electron chi connectivity index (χ0n) is 15.5. The molecule has 0 aromatic heterocycles. The molecule has 0 bridgehead atoms. The van der Waals surface area contributed by atoms with Crippen LogP contribution in [0.2, 0.25) is 0 Å². The van der Waals surface area contributed by atoms with Crippen molar-refractivity contribution in [3.8, 4) is 0 Å². The molecule has 5 heteroatoms. The molecule has 0 radical (unpaired) electrons. The molecule has 0 unspecified atom stereocenters. The van der Waals surface area contributed by atoms with E-state index in [1.165, 1.54) is 58.3 Å². The number of hydrogen-bond donors (Lipinski definition) is 2. The Labute approximate surface area is 142 Å². The van der Waals surface area contributed by atoms with Crippen molar-refractivity contribution in [3.63, 3.8) is 0 Å². The maximum absolute atomic E-state index is 4.81. The van der Waals surface area contributed by atoms with E-state index in [1.54, 1.807) is 0 Å². The Morgan fingerprint density at radius 1 is 1.09 bits per heavy atom. The van der Waals surface area contributed by atoms with E-state index in [-0.39, 0.29) is 0 Å². The molecule has 2 aliphatic rings. The Bertz CT molecular complexity index is 349. The standard InChI is InChI=1S/C18H37N5/c1-4-19-18(21-17-8-6-16(2)7-9-17)20-10-13-23-12-5-11-22(3)14-15-23/h16-17H,4-15H2,1-3H3,(H2,19,20,21). The van der Waals surface area contributed by atoms with Crippen LogP contribution in [-0.4, -0.2) is 74.7 Å². The minimum absolute atomic E-state index is 0.607. The summed E-state index contributed by atoms with van der Waals surface area (Å²) in [4.78, 5) is 9.79. The molecule has 0 atom stereocenters. The quantitative estimate of drug-likeness (QED) is 0.598. The SMILES string of the molecule is CCNC(=NCCN1CCCN(C)CC1)NC1CCC(C)CC1. The van der Waals surface area contributed by atoms with Crippen molar-refractivity contribution < 1.29 is 0 Å². The highest BCUT2D eigenvalue weighted by atomic mass is 15.2. The van der Waals surface area contributed by atoms with E-state index >= 15 is 0 Å². The van der Waals surface area contributed by atoms with Crippen molar-refractivity contribution in [2.75, 3.05) is 52.9 Å². The van der Waals surface area contributed by atoms with E-state index in [9.17, 15) is 0 Å². The summed E-state index contributed by atoms with van der Waals surface area (Å²) < 4.78 is 0. The van der Waals surface area contributed by atoms with Crippen LogP contribution in [0.25, 0.3) is 0 Å². The molecule has 23 heavy (non-hydrogen) atoms. The molecule has 134 valence electrons. The lowest BCUT2D eigenvalue weighted by Gasteiger charge is -2.28. The summed E-state index contributed by atoms with van der Waals surface area (Å²) in [5, 5.41) is 7.06. The van der Waals surface area contributed by atoms with Gasteiger partial charge in [-0.05, 0) is 65.1 Å². The first-order valence-electron chi connectivity index (χ1n) is 9.63. The van der Waals surface area contributed by atoms with Gasteiger partial charge in [-0.15, -0.1) is 0 Å². The van der Waals surface area contributed by atoms with Crippen molar-refractivity contribution in [1.82, 2.24) is 20.4 Å². The fourth-order valence-electron chi connectivity index (χ4n) is 3.54. The second-order valence-corrected chi connectivity index (χ2v) is 7.36. The van der Waals surface area contributed by atoms with Gasteiger partial charge in [-0.1, -0.05) is 6.92 Å². The van der Waals surface area contributed by atoms with Crippen LogP contribution in [0.3, 0.4) is 0 Å². The van der Waals surface area contributed by atoms with Crippen LogP contribution in [0.4, 0.5) is 0 Å². The van der Waals surface area contributed by atoms with Gasteiger partial charge in [0.15, 0.2) is 5.96 Å². The van der Waals surface area contributed by atoms with Crippen LogP contribution < -0.4 is 10.6 Å². The van der Waals surface area contributed by atoms with E-state index < -0.39 is 0 Å². The van der Waals surface area contributed by atoms with Crippen LogP contribution in [0.5, 0.6) is 0 Å². The van der Waals surface area contributed by atoms with E-state index in [0.717, 1.165) is 31.5 Å². The van der Waals surface area contributed by atoms with Gasteiger partial charge in [0, 0.05) is 32.2 Å². The highest BCUT2D eigenvalue weighted by Gasteiger charge is 2.19. The van der Waals surface area contributed by atoms with E-state index in [4.69, 9.17) is 4.99 Å². The molecule has 0 spiro atoms. The third-order valence-corrected chi connectivity index (χ3v) is 5.20. The van der Waals surface area contributed by atoms with Gasteiger partial charge in [-0.3, -0.25) is 4.99 Å². The number of guanidine groups is 1. The number of likely N-dealkylation sites (N-methyl/N-ethyl adjacent to an activating group) is 1. The zero-order chi connectivity index (χ0) is 16.5. The monoisotopic (exact) mass is 323 g/mol. The Balaban J connectivity index is 1.74. The molecule has 1 saturated heterocycles. The largest absolute Gasteiger partial charge is 0.357 e. The lowest BCUT2D eigenvalue weighted by Crippen LogP contribution is -2.45. The predicted octanol–water partition coefficient (Wildman–Crippen LogP) is 1.76. The maximum Gasteiger partial charge on any atom is 0.191 e. The normalized spacial score (nSPS) is 28.4. The van der Waals surface area contributed by atoms with E-state index in [2.05, 4.69) is 41.3 Å². The molecule has 2 rings (SSSR count). The van der Waals surface area contributed by atoms with E-state index in [1.807, 2.05) is 0 Å². The second kappa shape index (κ2) is 10.1. The maximum atomic E-state index is 4.81. The molecule has 1 aliphatic heterocycles. The van der Waals surface area contributed by atoms with Crippen molar-refractivity contribution in [1.29, 1.82) is 0 Å². The Morgan fingerprint density at radius 2 is 1.87 bits per heavy atom.